The van der Waals surface area contributed by atoms with Crippen LogP contribution in [-0.4, -0.2) is 38.6 Å². The van der Waals surface area contributed by atoms with Gasteiger partial charge in [0.25, 0.3) is 0 Å². The van der Waals surface area contributed by atoms with E-state index in [-0.39, 0.29) is 9.92 Å². The number of benzene rings is 1. The highest BCUT2D eigenvalue weighted by molar-refractivity contribution is 7.92. The number of hydrogen-bond acceptors (Lipinski definition) is 4. The number of halogens is 1. The molecular formula is C11H15ClN2O3S. The molecule has 0 fully saturated rings. The van der Waals surface area contributed by atoms with Crippen LogP contribution in [0.15, 0.2) is 23.1 Å². The van der Waals surface area contributed by atoms with Crippen molar-refractivity contribution in [2.24, 2.45) is 0 Å². The van der Waals surface area contributed by atoms with E-state index >= 15 is 0 Å². The molecule has 100 valence electrons. The Bertz CT molecular complexity index is 570. The Morgan fingerprint density at radius 2 is 1.94 bits per heavy atom. The van der Waals surface area contributed by atoms with Crippen LogP contribution in [0.4, 0.5) is 5.69 Å². The smallest absolute Gasteiger partial charge is 0.240 e. The lowest BCUT2D eigenvalue weighted by Gasteiger charge is -2.18. The van der Waals surface area contributed by atoms with Crippen LogP contribution in [0.1, 0.15) is 6.92 Å². The van der Waals surface area contributed by atoms with E-state index in [1.165, 1.54) is 44.1 Å². The minimum Gasteiger partial charge on any atom is -0.399 e. The van der Waals surface area contributed by atoms with Crippen LogP contribution in [0.5, 0.6) is 0 Å². The summed E-state index contributed by atoms with van der Waals surface area (Å²) >= 11 is 5.86. The Hall–Kier alpha value is -1.27. The molecule has 1 amide bonds. The number of amides is 1. The van der Waals surface area contributed by atoms with Crippen molar-refractivity contribution in [2.75, 3.05) is 19.8 Å². The maximum atomic E-state index is 12.2. The molecule has 18 heavy (non-hydrogen) atoms. The fraction of sp³-hybridized carbons (Fsp3) is 0.364. The lowest BCUT2D eigenvalue weighted by Crippen LogP contribution is -2.37. The second-order valence-electron chi connectivity index (χ2n) is 4.11. The van der Waals surface area contributed by atoms with E-state index in [1.54, 1.807) is 0 Å². The van der Waals surface area contributed by atoms with Gasteiger partial charge in [0.05, 0.1) is 9.92 Å². The molecule has 1 aromatic rings. The average Bonchev–Trinajstić information content (AvgIpc) is 2.26. The van der Waals surface area contributed by atoms with Gasteiger partial charge in [-0.15, -0.1) is 0 Å². The normalized spacial score (nSPS) is 13.1. The molecule has 0 aromatic heterocycles. The Morgan fingerprint density at radius 1 is 1.39 bits per heavy atom. The van der Waals surface area contributed by atoms with Crippen molar-refractivity contribution in [1.29, 1.82) is 0 Å². The van der Waals surface area contributed by atoms with Crippen molar-refractivity contribution in [3.05, 3.63) is 23.2 Å². The van der Waals surface area contributed by atoms with E-state index in [1.807, 2.05) is 0 Å². The zero-order valence-corrected chi connectivity index (χ0v) is 11.9. The summed E-state index contributed by atoms with van der Waals surface area (Å²) in [5, 5.41) is -1.16. The third-order valence-electron chi connectivity index (χ3n) is 2.52. The molecule has 1 aromatic carbocycles. The molecule has 1 atom stereocenters. The van der Waals surface area contributed by atoms with E-state index < -0.39 is 21.0 Å². The highest BCUT2D eigenvalue weighted by Gasteiger charge is 2.32. The molecule has 0 bridgehead atoms. The lowest BCUT2D eigenvalue weighted by molar-refractivity contribution is -0.127. The summed E-state index contributed by atoms with van der Waals surface area (Å²) < 4.78 is 24.5. The van der Waals surface area contributed by atoms with Crippen molar-refractivity contribution >= 4 is 33.0 Å². The fourth-order valence-corrected chi connectivity index (χ4v) is 3.39. The quantitative estimate of drug-likeness (QED) is 0.848. The number of rotatable bonds is 3. The van der Waals surface area contributed by atoms with E-state index in [9.17, 15) is 13.2 Å². The van der Waals surface area contributed by atoms with Crippen LogP contribution in [0.25, 0.3) is 0 Å². The standard InChI is InChI=1S/C11H15ClN2O3S/c1-7(11(15)14(2)3)18(16,17)10-5-4-8(13)6-9(10)12/h4-7H,13H2,1-3H3. The highest BCUT2D eigenvalue weighted by atomic mass is 35.5. The molecule has 0 aliphatic carbocycles. The largest absolute Gasteiger partial charge is 0.399 e. The number of carbonyl (C=O) groups excluding carboxylic acids is 1. The lowest BCUT2D eigenvalue weighted by atomic mass is 10.3. The Kier molecular flexibility index (Phi) is 4.24. The first-order valence-corrected chi connectivity index (χ1v) is 7.10. The van der Waals surface area contributed by atoms with Gasteiger partial charge in [-0.3, -0.25) is 4.79 Å². The van der Waals surface area contributed by atoms with Crippen LogP contribution < -0.4 is 5.73 Å². The molecule has 0 aliphatic rings. The van der Waals surface area contributed by atoms with Crippen LogP contribution in [0.2, 0.25) is 5.02 Å². The van der Waals surface area contributed by atoms with Crippen molar-refractivity contribution in [2.45, 2.75) is 17.1 Å². The zero-order chi connectivity index (χ0) is 14.1. The third kappa shape index (κ3) is 2.76. The summed E-state index contributed by atoms with van der Waals surface area (Å²) in [5.41, 5.74) is 5.87. The molecule has 0 spiro atoms. The van der Waals surface area contributed by atoms with Gasteiger partial charge in [-0.1, -0.05) is 11.6 Å². The van der Waals surface area contributed by atoms with E-state index in [2.05, 4.69) is 0 Å². The van der Waals surface area contributed by atoms with Crippen molar-refractivity contribution in [3.63, 3.8) is 0 Å². The summed E-state index contributed by atoms with van der Waals surface area (Å²) in [7, 11) is -0.811. The number of nitrogens with two attached hydrogens (primary N) is 1. The van der Waals surface area contributed by atoms with Gasteiger partial charge in [0.15, 0.2) is 9.84 Å². The minimum atomic E-state index is -3.81. The molecule has 7 heteroatoms. The van der Waals surface area contributed by atoms with E-state index in [4.69, 9.17) is 17.3 Å². The summed E-state index contributed by atoms with van der Waals surface area (Å²) in [4.78, 5) is 12.9. The van der Waals surface area contributed by atoms with Gasteiger partial charge in [0, 0.05) is 19.8 Å². The first-order valence-electron chi connectivity index (χ1n) is 5.18. The molecule has 0 radical (unpaired) electrons. The summed E-state index contributed by atoms with van der Waals surface area (Å²) in [6, 6.07) is 4.10. The maximum absolute atomic E-state index is 12.2. The van der Waals surface area contributed by atoms with Crippen LogP contribution in [-0.2, 0) is 14.6 Å². The Labute approximate surface area is 111 Å². The van der Waals surface area contributed by atoms with Crippen LogP contribution in [0.3, 0.4) is 0 Å². The topological polar surface area (TPSA) is 80.5 Å². The molecule has 2 N–H and O–H groups in total. The first kappa shape index (κ1) is 14.8. The van der Waals surface area contributed by atoms with Crippen molar-refractivity contribution in [3.8, 4) is 0 Å². The van der Waals surface area contributed by atoms with Gasteiger partial charge in [0.2, 0.25) is 5.91 Å². The highest BCUT2D eigenvalue weighted by Crippen LogP contribution is 2.27. The molecule has 0 aliphatic heterocycles. The SMILES string of the molecule is CC(C(=O)N(C)C)S(=O)(=O)c1ccc(N)cc1Cl. The predicted octanol–water partition coefficient (Wildman–Crippen LogP) is 1.17. The average molecular weight is 291 g/mol. The minimum absolute atomic E-state index is 0.0217. The maximum Gasteiger partial charge on any atom is 0.240 e. The summed E-state index contributed by atoms with van der Waals surface area (Å²) in [6.07, 6.45) is 0. The van der Waals surface area contributed by atoms with Gasteiger partial charge < -0.3 is 10.6 Å². The first-order chi connectivity index (χ1) is 8.17. The molecule has 1 unspecified atom stereocenters. The van der Waals surface area contributed by atoms with Crippen LogP contribution >= 0.6 is 11.6 Å². The van der Waals surface area contributed by atoms with Gasteiger partial charge in [-0.25, -0.2) is 8.42 Å². The fourth-order valence-electron chi connectivity index (χ4n) is 1.43. The van der Waals surface area contributed by atoms with E-state index in [0.29, 0.717) is 5.69 Å². The molecule has 0 saturated heterocycles. The van der Waals surface area contributed by atoms with Gasteiger partial charge in [-0.05, 0) is 25.1 Å². The number of nitrogens with zero attached hydrogens (tertiary/aromatic N) is 1. The Balaban J connectivity index is 3.26. The van der Waals surface area contributed by atoms with E-state index in [0.717, 1.165) is 0 Å². The molecule has 0 heterocycles. The van der Waals surface area contributed by atoms with Gasteiger partial charge >= 0.3 is 0 Å². The zero-order valence-electron chi connectivity index (χ0n) is 10.3. The molecule has 5 nitrogen and oxygen atoms in total. The summed E-state index contributed by atoms with van der Waals surface area (Å²) in [6.45, 7) is 1.34. The number of carbonyl (C=O) groups is 1. The number of nitrogen functional groups attached to an aromatic ring is 1. The predicted molar refractivity (Wildman–Crippen MR) is 71.2 cm³/mol. The second-order valence-corrected chi connectivity index (χ2v) is 6.75. The monoisotopic (exact) mass is 290 g/mol. The Morgan fingerprint density at radius 3 is 2.39 bits per heavy atom. The van der Waals surface area contributed by atoms with Crippen LogP contribution in [0, 0.1) is 0 Å². The van der Waals surface area contributed by atoms with Gasteiger partial charge in [-0.2, -0.15) is 0 Å². The molecular weight excluding hydrogens is 276 g/mol. The van der Waals surface area contributed by atoms with Crippen molar-refractivity contribution < 1.29 is 13.2 Å². The van der Waals surface area contributed by atoms with Gasteiger partial charge in [0.1, 0.15) is 5.25 Å². The van der Waals surface area contributed by atoms with Crippen molar-refractivity contribution in [1.82, 2.24) is 4.90 Å². The number of hydrogen-bond donors (Lipinski definition) is 1. The third-order valence-corrected chi connectivity index (χ3v) is 5.04. The summed E-state index contributed by atoms with van der Waals surface area (Å²) in [5.74, 6) is -0.497. The number of anilines is 1. The molecule has 0 saturated carbocycles. The number of sulfone groups is 1. The second kappa shape index (κ2) is 5.16. The molecule has 1 rings (SSSR count).